The number of halogens is 1. The van der Waals surface area contributed by atoms with Gasteiger partial charge in [0.05, 0.1) is 29.6 Å². The number of hydrogen-bond acceptors (Lipinski definition) is 4. The number of ketones is 1. The van der Waals surface area contributed by atoms with Gasteiger partial charge in [0.1, 0.15) is 0 Å². The molecule has 2 fully saturated rings. The molecule has 5 nitrogen and oxygen atoms in total. The van der Waals surface area contributed by atoms with E-state index in [1.165, 1.54) is 11.8 Å². The maximum atomic E-state index is 13.6. The highest BCUT2D eigenvalue weighted by molar-refractivity contribution is 6.31. The number of Topliss-reactive ketones (excluding diaryl/α,β-unsaturated/α-hetero) is 1. The third-order valence-electron chi connectivity index (χ3n) is 6.29. The van der Waals surface area contributed by atoms with Gasteiger partial charge in [-0.15, -0.1) is 0 Å². The van der Waals surface area contributed by atoms with E-state index >= 15 is 0 Å². The van der Waals surface area contributed by atoms with E-state index in [1.807, 2.05) is 48.4 Å². The van der Waals surface area contributed by atoms with Crippen molar-refractivity contribution in [2.75, 3.05) is 4.90 Å². The fourth-order valence-corrected chi connectivity index (χ4v) is 5.25. The molecule has 0 saturated carbocycles. The van der Waals surface area contributed by atoms with Crippen molar-refractivity contribution in [3.8, 4) is 0 Å². The summed E-state index contributed by atoms with van der Waals surface area (Å²) in [6.45, 7) is 3.33. The highest BCUT2D eigenvalue weighted by Gasteiger charge is 2.64. The van der Waals surface area contributed by atoms with Crippen molar-refractivity contribution in [1.82, 2.24) is 4.90 Å². The highest BCUT2D eigenvalue weighted by atomic mass is 35.5. The molecule has 4 atom stereocenters. The van der Waals surface area contributed by atoms with E-state index in [0.717, 1.165) is 16.7 Å². The number of rotatable bonds is 2. The molecule has 0 unspecified atom stereocenters. The van der Waals surface area contributed by atoms with Crippen molar-refractivity contribution in [3.63, 3.8) is 0 Å². The Kier molecular flexibility index (Phi) is 3.93. The first-order chi connectivity index (χ1) is 13.9. The van der Waals surface area contributed by atoms with Gasteiger partial charge >= 0.3 is 0 Å². The lowest BCUT2D eigenvalue weighted by Crippen LogP contribution is -2.43. The molecule has 146 valence electrons. The van der Waals surface area contributed by atoms with Crippen LogP contribution >= 0.6 is 11.6 Å². The summed E-state index contributed by atoms with van der Waals surface area (Å²) in [7, 11) is 0. The Morgan fingerprint density at radius 2 is 1.76 bits per heavy atom. The van der Waals surface area contributed by atoms with Crippen molar-refractivity contribution >= 4 is 41.0 Å². The maximum Gasteiger partial charge on any atom is 0.240 e. The average Bonchev–Trinajstić information content (AvgIpc) is 3.17. The second-order valence-corrected chi connectivity index (χ2v) is 8.32. The van der Waals surface area contributed by atoms with Gasteiger partial charge in [-0.1, -0.05) is 41.9 Å². The molecule has 29 heavy (non-hydrogen) atoms. The predicted molar refractivity (Wildman–Crippen MR) is 110 cm³/mol. The van der Waals surface area contributed by atoms with Gasteiger partial charge in [-0.3, -0.25) is 14.4 Å². The van der Waals surface area contributed by atoms with Crippen molar-refractivity contribution in [2.45, 2.75) is 25.9 Å². The first-order valence-corrected chi connectivity index (χ1v) is 9.97. The van der Waals surface area contributed by atoms with E-state index in [4.69, 9.17) is 11.6 Å². The summed E-state index contributed by atoms with van der Waals surface area (Å²) in [5, 5.41) is 0.457. The average molecular weight is 407 g/mol. The van der Waals surface area contributed by atoms with Crippen LogP contribution in [0.25, 0.3) is 6.08 Å². The van der Waals surface area contributed by atoms with Crippen LogP contribution in [-0.2, 0) is 14.4 Å². The van der Waals surface area contributed by atoms with Crippen molar-refractivity contribution in [2.24, 2.45) is 11.8 Å². The Balaban J connectivity index is 1.67. The smallest absolute Gasteiger partial charge is 0.240 e. The molecule has 6 heteroatoms. The number of benzene rings is 2. The quantitative estimate of drug-likeness (QED) is 0.713. The molecule has 0 N–H and O–H groups in total. The number of aryl methyl sites for hydroxylation is 1. The molecular weight excluding hydrogens is 388 g/mol. The Labute approximate surface area is 173 Å². The summed E-state index contributed by atoms with van der Waals surface area (Å²) in [6.07, 6.45) is 3.80. The Hall–Kier alpha value is -2.92. The summed E-state index contributed by atoms with van der Waals surface area (Å²) >= 11 is 6.15. The summed E-state index contributed by atoms with van der Waals surface area (Å²) in [5.74, 6) is -2.03. The van der Waals surface area contributed by atoms with Crippen LogP contribution in [0.3, 0.4) is 0 Å². The van der Waals surface area contributed by atoms with Crippen LogP contribution in [0.5, 0.6) is 0 Å². The summed E-state index contributed by atoms with van der Waals surface area (Å²) in [6, 6.07) is 12.0. The number of carbonyl (C=O) groups is 3. The third-order valence-corrected chi connectivity index (χ3v) is 6.53. The molecule has 0 aromatic heterocycles. The monoisotopic (exact) mass is 406 g/mol. The van der Waals surface area contributed by atoms with E-state index in [-0.39, 0.29) is 23.6 Å². The molecule has 3 aliphatic heterocycles. The van der Waals surface area contributed by atoms with Crippen molar-refractivity contribution in [3.05, 3.63) is 70.4 Å². The highest BCUT2D eigenvalue weighted by Crippen LogP contribution is 2.53. The minimum absolute atomic E-state index is 0.114. The van der Waals surface area contributed by atoms with E-state index < -0.39 is 17.9 Å². The standard InChI is InChI=1S/C23H19ClN2O3/c1-12-7-8-15(24)11-17(12)26-22(28)18-19(23(26)29)21-16-6-4-3-5-14(16)9-10-25(21)20(18)13(2)27/h3-11,18-21H,1-2H3/t18-,19+,20-,21-/m0/s1. The molecule has 0 bridgehead atoms. The lowest BCUT2D eigenvalue weighted by molar-refractivity contribution is -0.129. The maximum absolute atomic E-state index is 13.6. The molecule has 2 saturated heterocycles. The van der Waals surface area contributed by atoms with Gasteiger partial charge in [0.2, 0.25) is 11.8 Å². The van der Waals surface area contributed by atoms with Crippen LogP contribution in [0.15, 0.2) is 48.7 Å². The lowest BCUT2D eigenvalue weighted by atomic mass is 9.84. The molecule has 3 aliphatic rings. The number of hydrogen-bond donors (Lipinski definition) is 0. The Bertz CT molecular complexity index is 1110. The van der Waals surface area contributed by atoms with E-state index in [2.05, 4.69) is 0 Å². The van der Waals surface area contributed by atoms with E-state index in [9.17, 15) is 14.4 Å². The van der Waals surface area contributed by atoms with Crippen molar-refractivity contribution < 1.29 is 14.4 Å². The SMILES string of the molecule is CC(=O)[C@H]1[C@H]2C(=O)N(c3cc(Cl)ccc3C)C(=O)[C@H]2[C@@H]2c3ccccc3C=CN12. The number of carbonyl (C=O) groups excluding carboxylic acids is 3. The molecule has 0 spiro atoms. The minimum Gasteiger partial charge on any atom is -0.359 e. The van der Waals surface area contributed by atoms with Crippen LogP contribution in [0.1, 0.15) is 29.7 Å². The molecule has 5 rings (SSSR count). The largest absolute Gasteiger partial charge is 0.359 e. The summed E-state index contributed by atoms with van der Waals surface area (Å²) in [5.41, 5.74) is 3.26. The zero-order valence-corrected chi connectivity index (χ0v) is 16.8. The first-order valence-electron chi connectivity index (χ1n) is 9.59. The van der Waals surface area contributed by atoms with Crippen LogP contribution in [0.4, 0.5) is 5.69 Å². The molecular formula is C23H19ClN2O3. The topological polar surface area (TPSA) is 57.7 Å². The van der Waals surface area contributed by atoms with Gasteiger partial charge in [0.15, 0.2) is 5.78 Å². The van der Waals surface area contributed by atoms with Gasteiger partial charge in [0, 0.05) is 11.2 Å². The van der Waals surface area contributed by atoms with E-state index in [0.29, 0.717) is 10.7 Å². The molecule has 3 heterocycles. The van der Waals surface area contributed by atoms with Gasteiger partial charge in [-0.2, -0.15) is 0 Å². The number of anilines is 1. The Morgan fingerprint density at radius 1 is 1.03 bits per heavy atom. The van der Waals surface area contributed by atoms with Gasteiger partial charge in [0.25, 0.3) is 0 Å². The molecule has 2 aromatic rings. The normalized spacial score (nSPS) is 27.1. The van der Waals surface area contributed by atoms with Crippen LogP contribution < -0.4 is 4.90 Å². The van der Waals surface area contributed by atoms with Crippen molar-refractivity contribution in [1.29, 1.82) is 0 Å². The van der Waals surface area contributed by atoms with Crippen LogP contribution in [-0.4, -0.2) is 28.5 Å². The van der Waals surface area contributed by atoms with Gasteiger partial charge in [-0.05, 0) is 48.7 Å². The van der Waals surface area contributed by atoms with Gasteiger partial charge < -0.3 is 4.90 Å². The lowest BCUT2D eigenvalue weighted by Gasteiger charge is -2.35. The first kappa shape index (κ1) is 18.1. The number of fused-ring (bicyclic) bond motifs is 5. The molecule has 0 aliphatic carbocycles. The fraction of sp³-hybridized carbons (Fsp3) is 0.261. The minimum atomic E-state index is -0.709. The number of imide groups is 1. The zero-order valence-electron chi connectivity index (χ0n) is 16.0. The van der Waals surface area contributed by atoms with Gasteiger partial charge in [-0.25, -0.2) is 4.90 Å². The van der Waals surface area contributed by atoms with Crippen LogP contribution in [0, 0.1) is 18.8 Å². The second-order valence-electron chi connectivity index (χ2n) is 7.89. The predicted octanol–water partition coefficient (Wildman–Crippen LogP) is 3.75. The summed E-state index contributed by atoms with van der Waals surface area (Å²) < 4.78 is 0. The molecule has 2 aromatic carbocycles. The number of amides is 2. The summed E-state index contributed by atoms with van der Waals surface area (Å²) in [4.78, 5) is 42.8. The third kappa shape index (κ3) is 2.43. The molecule has 2 amide bonds. The Morgan fingerprint density at radius 3 is 2.52 bits per heavy atom. The fourth-order valence-electron chi connectivity index (χ4n) is 5.08. The molecule has 0 radical (unpaired) electrons. The van der Waals surface area contributed by atoms with E-state index in [1.54, 1.807) is 18.2 Å². The number of nitrogens with zero attached hydrogens (tertiary/aromatic N) is 2. The second kappa shape index (κ2) is 6.29. The van der Waals surface area contributed by atoms with Crippen LogP contribution in [0.2, 0.25) is 5.02 Å². The zero-order chi connectivity index (χ0) is 20.4.